The molecule has 0 aromatic rings. The summed E-state index contributed by atoms with van der Waals surface area (Å²) in [5, 5.41) is 12.8. The quantitative estimate of drug-likeness (QED) is 0.805. The molecule has 2 aliphatic heterocycles. The molecule has 0 aromatic heterocycles. The van der Waals surface area contributed by atoms with Gasteiger partial charge in [-0.1, -0.05) is 13.3 Å². The van der Waals surface area contributed by atoms with Gasteiger partial charge in [-0.05, 0) is 45.7 Å². The van der Waals surface area contributed by atoms with Crippen molar-refractivity contribution in [2.24, 2.45) is 0 Å². The van der Waals surface area contributed by atoms with Crippen molar-refractivity contribution >= 4 is 0 Å². The Morgan fingerprint density at radius 1 is 1.30 bits per heavy atom. The lowest BCUT2D eigenvalue weighted by Gasteiger charge is -2.44. The highest BCUT2D eigenvalue weighted by Gasteiger charge is 2.30. The minimum absolute atomic E-state index is 0.361. The summed E-state index contributed by atoms with van der Waals surface area (Å²) in [5.74, 6) is 0. The van der Waals surface area contributed by atoms with Crippen molar-refractivity contribution in [2.75, 3.05) is 39.3 Å². The summed E-state index contributed by atoms with van der Waals surface area (Å²) in [4.78, 5) is 5.23. The van der Waals surface area contributed by atoms with Crippen LogP contribution in [0, 0.1) is 11.3 Å². The number of nitriles is 1. The van der Waals surface area contributed by atoms with Gasteiger partial charge in [0, 0.05) is 32.2 Å². The molecule has 0 radical (unpaired) electrons. The van der Waals surface area contributed by atoms with Crippen LogP contribution in [0.15, 0.2) is 0 Å². The van der Waals surface area contributed by atoms with Crippen molar-refractivity contribution < 1.29 is 0 Å². The third-order valence-electron chi connectivity index (χ3n) is 4.86. The molecule has 2 atom stereocenters. The van der Waals surface area contributed by atoms with E-state index in [2.05, 4.69) is 28.1 Å². The third kappa shape index (κ3) is 4.18. The first kappa shape index (κ1) is 15.8. The zero-order chi connectivity index (χ0) is 14.4. The molecule has 4 heteroatoms. The van der Waals surface area contributed by atoms with Crippen molar-refractivity contribution in [1.29, 1.82) is 5.26 Å². The normalized spacial score (nSPS) is 27.6. The van der Waals surface area contributed by atoms with Gasteiger partial charge in [-0.3, -0.25) is 10.2 Å². The zero-order valence-corrected chi connectivity index (χ0v) is 13.2. The molecule has 2 aliphatic rings. The van der Waals surface area contributed by atoms with E-state index in [1.165, 1.54) is 45.4 Å². The molecule has 114 valence electrons. The average Bonchev–Trinajstić information content (AvgIpc) is 2.51. The fourth-order valence-corrected chi connectivity index (χ4v) is 3.39. The predicted molar refractivity (Wildman–Crippen MR) is 82.6 cm³/mol. The minimum Gasteiger partial charge on any atom is -0.300 e. The molecule has 0 aromatic carbocycles. The number of hydrogen-bond donors (Lipinski definition) is 1. The lowest BCUT2D eigenvalue weighted by atomic mass is 9.97. The van der Waals surface area contributed by atoms with Gasteiger partial charge in [0.15, 0.2) is 0 Å². The maximum Gasteiger partial charge on any atom is 0.105 e. The molecule has 4 nitrogen and oxygen atoms in total. The summed E-state index contributed by atoms with van der Waals surface area (Å²) in [6.45, 7) is 11.1. The van der Waals surface area contributed by atoms with E-state index in [1.807, 2.05) is 6.92 Å². The number of nitrogens with zero attached hydrogens (tertiary/aromatic N) is 3. The molecule has 0 aliphatic carbocycles. The SMILES string of the molecule is CCCNC(C)(C#N)CCN1CCN2CCCCC2C1. The van der Waals surface area contributed by atoms with Gasteiger partial charge in [0.1, 0.15) is 5.54 Å². The van der Waals surface area contributed by atoms with E-state index in [-0.39, 0.29) is 5.54 Å². The molecule has 2 rings (SSSR count). The maximum absolute atomic E-state index is 9.39. The Hall–Kier alpha value is -0.630. The Bertz CT molecular complexity index is 338. The lowest BCUT2D eigenvalue weighted by Crippen LogP contribution is -2.55. The average molecular weight is 278 g/mol. The smallest absolute Gasteiger partial charge is 0.105 e. The molecular formula is C16H30N4. The number of nitrogens with one attached hydrogen (secondary N) is 1. The van der Waals surface area contributed by atoms with Crippen molar-refractivity contribution in [3.8, 4) is 6.07 Å². The van der Waals surface area contributed by atoms with E-state index in [4.69, 9.17) is 0 Å². The highest BCUT2D eigenvalue weighted by Crippen LogP contribution is 2.21. The van der Waals surface area contributed by atoms with Crippen LogP contribution in [0.3, 0.4) is 0 Å². The molecule has 0 bridgehead atoms. The number of fused-ring (bicyclic) bond motifs is 1. The number of piperidine rings is 1. The largest absolute Gasteiger partial charge is 0.300 e. The Morgan fingerprint density at radius 2 is 2.15 bits per heavy atom. The van der Waals surface area contributed by atoms with Gasteiger partial charge >= 0.3 is 0 Å². The predicted octanol–water partition coefficient (Wildman–Crippen LogP) is 1.83. The van der Waals surface area contributed by atoms with Crippen LogP contribution in [0.2, 0.25) is 0 Å². The molecular weight excluding hydrogens is 248 g/mol. The van der Waals surface area contributed by atoms with E-state index in [0.29, 0.717) is 0 Å². The first-order chi connectivity index (χ1) is 9.67. The van der Waals surface area contributed by atoms with E-state index in [9.17, 15) is 5.26 Å². The molecule has 1 N–H and O–H groups in total. The second kappa shape index (κ2) is 7.40. The van der Waals surface area contributed by atoms with Gasteiger partial charge in [0.25, 0.3) is 0 Å². The first-order valence-electron chi connectivity index (χ1n) is 8.29. The van der Waals surface area contributed by atoms with Crippen LogP contribution in [-0.2, 0) is 0 Å². The van der Waals surface area contributed by atoms with Gasteiger partial charge in [-0.25, -0.2) is 0 Å². The highest BCUT2D eigenvalue weighted by molar-refractivity contribution is 5.04. The van der Waals surface area contributed by atoms with Crippen molar-refractivity contribution in [1.82, 2.24) is 15.1 Å². The molecule has 20 heavy (non-hydrogen) atoms. The Labute approximate surface area is 124 Å². The Morgan fingerprint density at radius 3 is 2.90 bits per heavy atom. The summed E-state index contributed by atoms with van der Waals surface area (Å²) < 4.78 is 0. The van der Waals surface area contributed by atoms with Crippen LogP contribution < -0.4 is 5.32 Å². The standard InChI is InChI=1S/C16H30N4/c1-3-8-18-16(2,14-17)7-10-19-11-12-20-9-5-4-6-15(20)13-19/h15,18H,3-13H2,1-2H3. The molecule has 0 saturated carbocycles. The van der Waals surface area contributed by atoms with Crippen LogP contribution >= 0.6 is 0 Å². The Kier molecular flexibility index (Phi) is 5.83. The van der Waals surface area contributed by atoms with Crippen LogP contribution in [0.25, 0.3) is 0 Å². The van der Waals surface area contributed by atoms with Gasteiger partial charge in [-0.15, -0.1) is 0 Å². The van der Waals surface area contributed by atoms with Crippen LogP contribution in [0.1, 0.15) is 46.0 Å². The van der Waals surface area contributed by atoms with Crippen LogP contribution in [0.4, 0.5) is 0 Å². The molecule has 2 heterocycles. The zero-order valence-electron chi connectivity index (χ0n) is 13.2. The maximum atomic E-state index is 9.39. The van der Waals surface area contributed by atoms with Crippen molar-refractivity contribution in [3.63, 3.8) is 0 Å². The van der Waals surface area contributed by atoms with E-state index in [0.717, 1.165) is 32.0 Å². The van der Waals surface area contributed by atoms with Crippen molar-refractivity contribution in [2.45, 2.75) is 57.5 Å². The number of piperazine rings is 1. The summed E-state index contributed by atoms with van der Waals surface area (Å²) >= 11 is 0. The van der Waals surface area contributed by atoms with E-state index < -0.39 is 0 Å². The van der Waals surface area contributed by atoms with Crippen molar-refractivity contribution in [3.05, 3.63) is 0 Å². The molecule has 0 spiro atoms. The highest BCUT2D eigenvalue weighted by atomic mass is 15.3. The van der Waals surface area contributed by atoms with Crippen LogP contribution in [0.5, 0.6) is 0 Å². The fourth-order valence-electron chi connectivity index (χ4n) is 3.39. The van der Waals surface area contributed by atoms with Gasteiger partial charge in [-0.2, -0.15) is 5.26 Å². The Balaban J connectivity index is 1.77. The third-order valence-corrected chi connectivity index (χ3v) is 4.86. The van der Waals surface area contributed by atoms with Gasteiger partial charge in [0.05, 0.1) is 6.07 Å². The molecule has 2 fully saturated rings. The molecule has 2 saturated heterocycles. The number of hydrogen-bond acceptors (Lipinski definition) is 4. The minimum atomic E-state index is -0.361. The summed E-state index contributed by atoms with van der Waals surface area (Å²) in [5.41, 5.74) is -0.361. The van der Waals surface area contributed by atoms with E-state index >= 15 is 0 Å². The lowest BCUT2D eigenvalue weighted by molar-refractivity contribution is 0.0465. The topological polar surface area (TPSA) is 42.3 Å². The number of rotatable bonds is 6. The van der Waals surface area contributed by atoms with Gasteiger partial charge < -0.3 is 4.90 Å². The molecule has 2 unspecified atom stereocenters. The van der Waals surface area contributed by atoms with Gasteiger partial charge in [0.2, 0.25) is 0 Å². The summed E-state index contributed by atoms with van der Waals surface area (Å²) in [6.07, 6.45) is 6.14. The molecule has 0 amide bonds. The second-order valence-corrected chi connectivity index (χ2v) is 6.61. The first-order valence-corrected chi connectivity index (χ1v) is 8.29. The van der Waals surface area contributed by atoms with E-state index in [1.54, 1.807) is 0 Å². The summed E-state index contributed by atoms with van der Waals surface area (Å²) in [7, 11) is 0. The second-order valence-electron chi connectivity index (χ2n) is 6.61. The van der Waals surface area contributed by atoms with Crippen LogP contribution in [-0.4, -0.2) is 60.6 Å². The monoisotopic (exact) mass is 278 g/mol. The summed E-state index contributed by atoms with van der Waals surface area (Å²) in [6, 6.07) is 3.23. The fraction of sp³-hybridized carbons (Fsp3) is 0.938.